The molecule has 0 amide bonds. The fraction of sp³-hybridized carbons (Fsp3) is 0.583. The summed E-state index contributed by atoms with van der Waals surface area (Å²) in [6.07, 6.45) is 5.18. The molecular weight excluding hydrogens is 268 g/mol. The van der Waals surface area contributed by atoms with Crippen LogP contribution in [0.3, 0.4) is 0 Å². The molecule has 16 heavy (non-hydrogen) atoms. The average molecular weight is 285 g/mol. The van der Waals surface area contributed by atoms with Crippen molar-refractivity contribution in [2.45, 2.75) is 37.2 Å². The third-order valence-electron chi connectivity index (χ3n) is 3.57. The lowest BCUT2D eigenvalue weighted by Crippen LogP contribution is -2.40. The maximum absolute atomic E-state index is 9.56. The Labute approximate surface area is 104 Å². The molecule has 3 N–H and O–H groups in total. The summed E-state index contributed by atoms with van der Waals surface area (Å²) in [5.41, 5.74) is 6.95. The van der Waals surface area contributed by atoms with Crippen molar-refractivity contribution in [1.29, 1.82) is 0 Å². The van der Waals surface area contributed by atoms with E-state index in [-0.39, 0.29) is 11.5 Å². The van der Waals surface area contributed by atoms with Gasteiger partial charge in [-0.05, 0) is 53.7 Å². The van der Waals surface area contributed by atoms with Crippen LogP contribution in [-0.2, 0) is 5.41 Å². The first-order chi connectivity index (χ1) is 7.66. The third-order valence-corrected chi connectivity index (χ3v) is 4.04. The number of nitrogens with zero attached hydrogens (tertiary/aromatic N) is 1. The van der Waals surface area contributed by atoms with Crippen LogP contribution in [0.4, 0.5) is 0 Å². The molecule has 0 radical (unpaired) electrons. The van der Waals surface area contributed by atoms with Crippen LogP contribution in [0, 0.1) is 0 Å². The number of rotatable bonds is 2. The summed E-state index contributed by atoms with van der Waals surface area (Å²) in [5, 5.41) is 9.56. The zero-order valence-corrected chi connectivity index (χ0v) is 10.8. The fourth-order valence-corrected chi connectivity index (χ4v) is 2.64. The van der Waals surface area contributed by atoms with Crippen molar-refractivity contribution >= 4 is 15.9 Å². The van der Waals surface area contributed by atoms with Crippen LogP contribution in [0.25, 0.3) is 0 Å². The van der Waals surface area contributed by atoms with Gasteiger partial charge in [-0.1, -0.05) is 0 Å². The number of hydrogen-bond acceptors (Lipinski definition) is 3. The summed E-state index contributed by atoms with van der Waals surface area (Å²) in [6.45, 7) is 0.606. The van der Waals surface area contributed by atoms with Crippen LogP contribution in [0.5, 0.6) is 0 Å². The quantitative estimate of drug-likeness (QED) is 0.873. The standard InChI is InChI=1S/C12H17BrN2O/c13-9-1-2-11(15-7-9)12(8-14)5-3-10(16)4-6-12/h1-2,7,10,16H,3-6,8,14H2. The minimum atomic E-state index is -0.157. The lowest BCUT2D eigenvalue weighted by molar-refractivity contribution is 0.0962. The molecule has 0 unspecified atom stereocenters. The third kappa shape index (κ3) is 2.29. The molecule has 1 aliphatic carbocycles. The van der Waals surface area contributed by atoms with Crippen LogP contribution in [0.15, 0.2) is 22.8 Å². The maximum Gasteiger partial charge on any atom is 0.0541 e. The average Bonchev–Trinajstić information content (AvgIpc) is 2.32. The number of aliphatic hydroxyl groups excluding tert-OH is 1. The number of aromatic nitrogens is 1. The van der Waals surface area contributed by atoms with Gasteiger partial charge in [0.1, 0.15) is 0 Å². The van der Waals surface area contributed by atoms with E-state index in [2.05, 4.69) is 20.9 Å². The van der Waals surface area contributed by atoms with Gasteiger partial charge in [0, 0.05) is 28.3 Å². The van der Waals surface area contributed by atoms with Gasteiger partial charge in [-0.25, -0.2) is 0 Å². The van der Waals surface area contributed by atoms with Gasteiger partial charge in [0.05, 0.1) is 6.10 Å². The van der Waals surface area contributed by atoms with Crippen molar-refractivity contribution in [3.05, 3.63) is 28.5 Å². The molecule has 1 aliphatic rings. The van der Waals surface area contributed by atoms with E-state index in [9.17, 15) is 5.11 Å². The second kappa shape index (κ2) is 4.82. The molecule has 0 bridgehead atoms. The molecule has 0 aliphatic heterocycles. The van der Waals surface area contributed by atoms with Gasteiger partial charge in [0.25, 0.3) is 0 Å². The first-order valence-electron chi connectivity index (χ1n) is 5.66. The highest BCUT2D eigenvalue weighted by Crippen LogP contribution is 2.37. The molecule has 1 heterocycles. The summed E-state index contributed by atoms with van der Waals surface area (Å²) in [6, 6.07) is 4.04. The summed E-state index contributed by atoms with van der Waals surface area (Å²) in [5.74, 6) is 0. The predicted octanol–water partition coefficient (Wildman–Crippen LogP) is 1.98. The molecule has 1 fully saturated rings. The Bertz CT molecular complexity index is 345. The minimum absolute atomic E-state index is 0.0278. The zero-order valence-electron chi connectivity index (χ0n) is 9.19. The molecule has 0 aromatic carbocycles. The van der Waals surface area contributed by atoms with Gasteiger partial charge in [-0.2, -0.15) is 0 Å². The summed E-state index contributed by atoms with van der Waals surface area (Å²) in [7, 11) is 0. The van der Waals surface area contributed by atoms with Crippen molar-refractivity contribution in [2.75, 3.05) is 6.54 Å². The van der Waals surface area contributed by atoms with E-state index in [1.54, 1.807) is 0 Å². The van der Waals surface area contributed by atoms with E-state index < -0.39 is 0 Å². The Morgan fingerprint density at radius 2 is 2.12 bits per heavy atom. The molecule has 4 heteroatoms. The topological polar surface area (TPSA) is 59.1 Å². The fourth-order valence-electron chi connectivity index (χ4n) is 2.41. The van der Waals surface area contributed by atoms with Gasteiger partial charge >= 0.3 is 0 Å². The second-order valence-corrected chi connectivity index (χ2v) is 5.49. The highest BCUT2D eigenvalue weighted by atomic mass is 79.9. The Kier molecular flexibility index (Phi) is 3.62. The van der Waals surface area contributed by atoms with Crippen molar-refractivity contribution < 1.29 is 5.11 Å². The monoisotopic (exact) mass is 284 g/mol. The Morgan fingerprint density at radius 1 is 1.44 bits per heavy atom. The summed E-state index contributed by atoms with van der Waals surface area (Å²) in [4.78, 5) is 4.46. The summed E-state index contributed by atoms with van der Waals surface area (Å²) >= 11 is 3.38. The molecule has 88 valence electrons. The first-order valence-corrected chi connectivity index (χ1v) is 6.46. The number of aliphatic hydroxyl groups is 1. The lowest BCUT2D eigenvalue weighted by Gasteiger charge is -2.37. The van der Waals surface area contributed by atoms with E-state index in [1.807, 2.05) is 18.3 Å². The molecule has 2 rings (SSSR count). The number of hydrogen-bond donors (Lipinski definition) is 2. The predicted molar refractivity (Wildman–Crippen MR) is 67.1 cm³/mol. The Hall–Kier alpha value is -0.450. The molecule has 1 saturated carbocycles. The SMILES string of the molecule is NCC1(c2ccc(Br)cn2)CCC(O)CC1. The van der Waals surface area contributed by atoms with Gasteiger partial charge < -0.3 is 10.8 Å². The van der Waals surface area contributed by atoms with Gasteiger partial charge in [-0.15, -0.1) is 0 Å². The maximum atomic E-state index is 9.56. The van der Waals surface area contributed by atoms with Gasteiger partial charge in [-0.3, -0.25) is 4.98 Å². The smallest absolute Gasteiger partial charge is 0.0541 e. The molecule has 0 spiro atoms. The highest BCUT2D eigenvalue weighted by molar-refractivity contribution is 9.10. The largest absolute Gasteiger partial charge is 0.393 e. The van der Waals surface area contributed by atoms with E-state index in [0.29, 0.717) is 6.54 Å². The summed E-state index contributed by atoms with van der Waals surface area (Å²) < 4.78 is 0.985. The number of pyridine rings is 1. The van der Waals surface area contributed by atoms with Crippen LogP contribution < -0.4 is 5.73 Å². The van der Waals surface area contributed by atoms with Crippen molar-refractivity contribution in [1.82, 2.24) is 4.98 Å². The van der Waals surface area contributed by atoms with Crippen LogP contribution in [-0.4, -0.2) is 22.7 Å². The van der Waals surface area contributed by atoms with Crippen molar-refractivity contribution in [3.63, 3.8) is 0 Å². The molecule has 1 aromatic rings. The van der Waals surface area contributed by atoms with E-state index in [4.69, 9.17) is 5.73 Å². The minimum Gasteiger partial charge on any atom is -0.393 e. The van der Waals surface area contributed by atoms with Gasteiger partial charge in [0.15, 0.2) is 0 Å². The number of halogens is 1. The zero-order chi connectivity index (χ0) is 11.6. The molecule has 0 saturated heterocycles. The molecule has 3 nitrogen and oxygen atoms in total. The first kappa shape index (κ1) is 12.0. The van der Waals surface area contributed by atoms with E-state index >= 15 is 0 Å². The Balaban J connectivity index is 2.24. The molecule has 1 aromatic heterocycles. The Morgan fingerprint density at radius 3 is 2.62 bits per heavy atom. The van der Waals surface area contributed by atoms with Gasteiger partial charge in [0.2, 0.25) is 0 Å². The van der Waals surface area contributed by atoms with Crippen LogP contribution in [0.1, 0.15) is 31.4 Å². The van der Waals surface area contributed by atoms with Crippen molar-refractivity contribution in [2.24, 2.45) is 5.73 Å². The van der Waals surface area contributed by atoms with Crippen LogP contribution >= 0.6 is 15.9 Å². The lowest BCUT2D eigenvalue weighted by atomic mass is 9.71. The number of nitrogens with two attached hydrogens (primary N) is 1. The highest BCUT2D eigenvalue weighted by Gasteiger charge is 2.36. The molecule has 0 atom stereocenters. The normalized spacial score (nSPS) is 30.3. The molecular formula is C12H17BrN2O. The van der Waals surface area contributed by atoms with Crippen molar-refractivity contribution in [3.8, 4) is 0 Å². The van der Waals surface area contributed by atoms with E-state index in [1.165, 1.54) is 0 Å². The van der Waals surface area contributed by atoms with E-state index in [0.717, 1.165) is 35.8 Å². The second-order valence-electron chi connectivity index (χ2n) is 4.58. The van der Waals surface area contributed by atoms with Crippen LogP contribution in [0.2, 0.25) is 0 Å².